The first-order chi connectivity index (χ1) is 15.1. The van der Waals surface area contributed by atoms with Gasteiger partial charge in [0.05, 0.1) is 13.1 Å². The number of hydrogen-bond acceptors (Lipinski definition) is 3. The van der Waals surface area contributed by atoms with E-state index >= 15 is 0 Å². The van der Waals surface area contributed by atoms with E-state index in [9.17, 15) is 4.39 Å². The zero-order chi connectivity index (χ0) is 21.6. The lowest BCUT2D eigenvalue weighted by molar-refractivity contribution is 0.629. The summed E-state index contributed by atoms with van der Waals surface area (Å²) in [7, 11) is 1.94. The zero-order valence-corrected chi connectivity index (χ0v) is 17.7. The average Bonchev–Trinajstić information content (AvgIpc) is 3.33. The second kappa shape index (κ2) is 9.42. The number of halogens is 1. The Morgan fingerprint density at radius 2 is 1.97 bits per heavy atom. The Morgan fingerprint density at radius 3 is 2.74 bits per heavy atom. The minimum absolute atomic E-state index is 0.230. The third kappa shape index (κ3) is 5.09. The van der Waals surface area contributed by atoms with Gasteiger partial charge in [-0.15, -0.1) is 10.2 Å². The van der Waals surface area contributed by atoms with E-state index in [1.807, 2.05) is 55.1 Å². The number of benzene rings is 2. The van der Waals surface area contributed by atoms with Crippen molar-refractivity contribution in [2.45, 2.75) is 26.4 Å². The van der Waals surface area contributed by atoms with Gasteiger partial charge in [0.2, 0.25) is 0 Å². The van der Waals surface area contributed by atoms with Crippen LogP contribution in [0.5, 0.6) is 0 Å². The Kier molecular flexibility index (Phi) is 6.26. The first kappa shape index (κ1) is 20.6. The molecule has 0 aliphatic carbocycles. The summed E-state index contributed by atoms with van der Waals surface area (Å²) in [5.41, 5.74) is 3.13. The molecular formula is C23H26FN7. The van der Waals surface area contributed by atoms with Gasteiger partial charge in [0.15, 0.2) is 11.8 Å². The van der Waals surface area contributed by atoms with Gasteiger partial charge in [-0.05, 0) is 42.7 Å². The Hall–Kier alpha value is -3.68. The van der Waals surface area contributed by atoms with Gasteiger partial charge in [0, 0.05) is 30.7 Å². The van der Waals surface area contributed by atoms with Crippen molar-refractivity contribution >= 4 is 16.9 Å². The van der Waals surface area contributed by atoms with Gasteiger partial charge in [-0.2, -0.15) is 0 Å². The molecule has 2 heterocycles. The quantitative estimate of drug-likeness (QED) is 0.317. The summed E-state index contributed by atoms with van der Waals surface area (Å²) < 4.78 is 15.6. The third-order valence-electron chi connectivity index (χ3n) is 5.28. The fraction of sp³-hybridized carbons (Fsp3) is 0.261. The van der Waals surface area contributed by atoms with E-state index < -0.39 is 0 Å². The maximum absolute atomic E-state index is 13.6. The van der Waals surface area contributed by atoms with Crippen LogP contribution >= 0.6 is 0 Å². The summed E-state index contributed by atoms with van der Waals surface area (Å²) >= 11 is 0. The topological polar surface area (TPSA) is 82.9 Å². The monoisotopic (exact) mass is 419 g/mol. The van der Waals surface area contributed by atoms with Crippen molar-refractivity contribution in [3.05, 3.63) is 83.3 Å². The van der Waals surface area contributed by atoms with Crippen LogP contribution in [0.15, 0.2) is 59.7 Å². The second-order valence-electron chi connectivity index (χ2n) is 7.41. The lowest BCUT2D eigenvalue weighted by Gasteiger charge is -2.12. The highest BCUT2D eigenvalue weighted by Crippen LogP contribution is 2.19. The first-order valence-corrected chi connectivity index (χ1v) is 10.3. The number of hydrogen-bond donors (Lipinski definition) is 3. The fourth-order valence-corrected chi connectivity index (χ4v) is 3.37. The van der Waals surface area contributed by atoms with Crippen molar-refractivity contribution in [3.63, 3.8) is 0 Å². The maximum atomic E-state index is 13.6. The van der Waals surface area contributed by atoms with Gasteiger partial charge in [-0.25, -0.2) is 9.38 Å². The predicted molar refractivity (Wildman–Crippen MR) is 120 cm³/mol. The summed E-state index contributed by atoms with van der Waals surface area (Å²) in [6.45, 7) is 3.65. The van der Waals surface area contributed by atoms with Crippen molar-refractivity contribution in [2.24, 2.45) is 12.0 Å². The summed E-state index contributed by atoms with van der Waals surface area (Å²) in [5, 5.41) is 15.9. The highest BCUT2D eigenvalue weighted by Gasteiger charge is 2.08. The molecule has 2 aromatic carbocycles. The van der Waals surface area contributed by atoms with E-state index in [4.69, 9.17) is 4.99 Å². The molecule has 0 radical (unpaired) electrons. The number of guanidine groups is 1. The molecule has 4 aromatic rings. The molecule has 3 N–H and O–H groups in total. The van der Waals surface area contributed by atoms with Gasteiger partial charge in [0.1, 0.15) is 11.6 Å². The molecule has 0 atom stereocenters. The smallest absolute Gasteiger partial charge is 0.191 e. The number of H-pyrrole nitrogens is 1. The van der Waals surface area contributed by atoms with Crippen molar-refractivity contribution in [2.75, 3.05) is 6.54 Å². The number of aliphatic imine (C=N–C) groups is 1. The normalized spacial score (nSPS) is 11.8. The largest absolute Gasteiger partial charge is 0.361 e. The molecule has 0 bridgehead atoms. The number of rotatable bonds is 7. The average molecular weight is 420 g/mol. The third-order valence-corrected chi connectivity index (χ3v) is 5.28. The Labute approximate surface area is 180 Å². The molecule has 8 heteroatoms. The van der Waals surface area contributed by atoms with E-state index in [0.29, 0.717) is 25.6 Å². The molecule has 0 unspecified atom stereocenters. The van der Waals surface area contributed by atoms with Gasteiger partial charge >= 0.3 is 0 Å². The minimum Gasteiger partial charge on any atom is -0.361 e. The SMILES string of the molecule is Cc1nnc(CNC(=NCc2ccccc2)NCCc2c[nH]c3ccc(F)cc23)n1C. The Morgan fingerprint density at radius 1 is 1.13 bits per heavy atom. The van der Waals surface area contributed by atoms with Gasteiger partial charge in [-0.3, -0.25) is 0 Å². The summed E-state index contributed by atoms with van der Waals surface area (Å²) in [6.07, 6.45) is 2.67. The van der Waals surface area contributed by atoms with Crippen molar-refractivity contribution in [1.82, 2.24) is 30.4 Å². The molecule has 0 spiro atoms. The van der Waals surface area contributed by atoms with Crippen LogP contribution < -0.4 is 10.6 Å². The highest BCUT2D eigenvalue weighted by molar-refractivity contribution is 5.83. The standard InChI is InChI=1S/C23H26FN7/c1-16-29-30-22(31(16)2)15-28-23(27-13-17-6-4-3-5-7-17)25-11-10-18-14-26-21-9-8-19(24)12-20(18)21/h3-9,12,14,26H,10-11,13,15H2,1-2H3,(H2,25,27,28). The summed E-state index contributed by atoms with van der Waals surface area (Å²) in [4.78, 5) is 7.91. The lowest BCUT2D eigenvalue weighted by atomic mass is 10.1. The Balaban J connectivity index is 1.42. The Bertz CT molecular complexity index is 1180. The molecule has 7 nitrogen and oxygen atoms in total. The van der Waals surface area contributed by atoms with E-state index in [1.165, 1.54) is 6.07 Å². The van der Waals surface area contributed by atoms with Crippen molar-refractivity contribution < 1.29 is 4.39 Å². The van der Waals surface area contributed by atoms with E-state index in [0.717, 1.165) is 40.1 Å². The van der Waals surface area contributed by atoms with Crippen LogP contribution in [0, 0.1) is 12.7 Å². The molecule has 0 aliphatic rings. The number of nitrogens with zero attached hydrogens (tertiary/aromatic N) is 4. The van der Waals surface area contributed by atoms with E-state index in [-0.39, 0.29) is 5.82 Å². The molecule has 2 aromatic heterocycles. The van der Waals surface area contributed by atoms with Crippen LogP contribution in [0.25, 0.3) is 10.9 Å². The second-order valence-corrected chi connectivity index (χ2v) is 7.41. The number of aromatic nitrogens is 4. The van der Waals surface area contributed by atoms with Crippen LogP contribution in [-0.2, 0) is 26.6 Å². The fourth-order valence-electron chi connectivity index (χ4n) is 3.37. The van der Waals surface area contributed by atoms with Gasteiger partial charge in [0.25, 0.3) is 0 Å². The number of aromatic amines is 1. The van der Waals surface area contributed by atoms with Crippen LogP contribution in [0.1, 0.15) is 22.8 Å². The summed E-state index contributed by atoms with van der Waals surface area (Å²) in [6, 6.07) is 14.9. The van der Waals surface area contributed by atoms with Crippen molar-refractivity contribution in [1.29, 1.82) is 0 Å². The number of fused-ring (bicyclic) bond motifs is 1. The van der Waals surface area contributed by atoms with Gasteiger partial charge < -0.3 is 20.2 Å². The number of nitrogens with one attached hydrogen (secondary N) is 3. The lowest BCUT2D eigenvalue weighted by Crippen LogP contribution is -2.38. The minimum atomic E-state index is -0.230. The van der Waals surface area contributed by atoms with Crippen molar-refractivity contribution in [3.8, 4) is 0 Å². The molecule has 160 valence electrons. The first-order valence-electron chi connectivity index (χ1n) is 10.3. The van der Waals surface area contributed by atoms with Crippen LogP contribution in [0.4, 0.5) is 4.39 Å². The molecular weight excluding hydrogens is 393 g/mol. The van der Waals surface area contributed by atoms with E-state index in [1.54, 1.807) is 12.1 Å². The van der Waals surface area contributed by atoms with Crippen LogP contribution in [0.3, 0.4) is 0 Å². The molecule has 0 amide bonds. The molecule has 0 aliphatic heterocycles. The number of aryl methyl sites for hydroxylation is 1. The van der Waals surface area contributed by atoms with Gasteiger partial charge in [-0.1, -0.05) is 30.3 Å². The maximum Gasteiger partial charge on any atom is 0.191 e. The highest BCUT2D eigenvalue weighted by atomic mass is 19.1. The molecule has 31 heavy (non-hydrogen) atoms. The van der Waals surface area contributed by atoms with E-state index in [2.05, 4.69) is 25.8 Å². The predicted octanol–water partition coefficient (Wildman–Crippen LogP) is 3.22. The molecule has 0 saturated carbocycles. The summed E-state index contributed by atoms with van der Waals surface area (Å²) in [5.74, 6) is 2.15. The molecule has 0 saturated heterocycles. The zero-order valence-electron chi connectivity index (χ0n) is 17.7. The van der Waals surface area contributed by atoms with Crippen LogP contribution in [-0.4, -0.2) is 32.3 Å². The molecule has 0 fully saturated rings. The van der Waals surface area contributed by atoms with Crippen LogP contribution in [0.2, 0.25) is 0 Å². The molecule has 4 rings (SSSR count).